The lowest BCUT2D eigenvalue weighted by molar-refractivity contribution is 0.230. The second kappa shape index (κ2) is 8.32. The summed E-state index contributed by atoms with van der Waals surface area (Å²) in [6.45, 7) is 9.53. The Kier molecular flexibility index (Phi) is 6.42. The molecule has 0 aromatic carbocycles. The molecule has 2 heterocycles. The van der Waals surface area contributed by atoms with Gasteiger partial charge < -0.3 is 15.4 Å². The number of hydrogen-bond acceptors (Lipinski definition) is 5. The van der Waals surface area contributed by atoms with Crippen molar-refractivity contribution in [3.05, 3.63) is 23.9 Å². The van der Waals surface area contributed by atoms with Gasteiger partial charge in [0.2, 0.25) is 5.88 Å². The van der Waals surface area contributed by atoms with Gasteiger partial charge in [0.25, 0.3) is 0 Å². The molecule has 1 aliphatic rings. The topological polar surface area (TPSA) is 54.6 Å². The van der Waals surface area contributed by atoms with E-state index in [0.717, 1.165) is 45.0 Å². The first-order chi connectivity index (χ1) is 10.2. The molecule has 1 unspecified atom stereocenters. The van der Waals surface area contributed by atoms with Gasteiger partial charge in [-0.15, -0.1) is 0 Å². The van der Waals surface area contributed by atoms with Gasteiger partial charge in [-0.1, -0.05) is 13.0 Å². The van der Waals surface area contributed by atoms with Gasteiger partial charge in [0, 0.05) is 32.2 Å². The molecule has 1 aromatic heterocycles. The highest BCUT2D eigenvalue weighted by Gasteiger charge is 2.16. The maximum absolute atomic E-state index is 5.73. The third-order valence-corrected chi connectivity index (χ3v) is 4.03. The molecule has 0 saturated carbocycles. The van der Waals surface area contributed by atoms with Crippen molar-refractivity contribution < 1.29 is 4.74 Å². The van der Waals surface area contributed by atoms with Crippen LogP contribution in [0.15, 0.2) is 18.2 Å². The van der Waals surface area contributed by atoms with Crippen LogP contribution in [0.1, 0.15) is 19.0 Å². The lowest BCUT2D eigenvalue weighted by Gasteiger charge is -2.23. The third kappa shape index (κ3) is 5.26. The second-order valence-electron chi connectivity index (χ2n) is 5.94. The predicted octanol–water partition coefficient (Wildman–Crippen LogP) is 1.19. The summed E-state index contributed by atoms with van der Waals surface area (Å²) in [6, 6.07) is 5.97. The monoisotopic (exact) mass is 292 g/mol. The molecule has 1 aromatic rings. The first kappa shape index (κ1) is 16.2. The number of nitrogens with zero attached hydrogens (tertiary/aromatic N) is 3. The smallest absolute Gasteiger partial charge is 0.213 e. The summed E-state index contributed by atoms with van der Waals surface area (Å²) in [6.07, 6.45) is 1.21. The predicted molar refractivity (Wildman–Crippen MR) is 85.3 cm³/mol. The Labute approximate surface area is 128 Å². The molecule has 0 amide bonds. The molecule has 2 N–H and O–H groups in total. The number of nitrogens with two attached hydrogens (primary N) is 1. The van der Waals surface area contributed by atoms with Crippen LogP contribution in [-0.2, 0) is 6.54 Å². The van der Waals surface area contributed by atoms with E-state index in [2.05, 4.69) is 27.8 Å². The van der Waals surface area contributed by atoms with Crippen molar-refractivity contribution in [2.24, 2.45) is 11.7 Å². The van der Waals surface area contributed by atoms with E-state index < -0.39 is 0 Å². The number of aromatic nitrogens is 1. The van der Waals surface area contributed by atoms with E-state index in [0.29, 0.717) is 11.8 Å². The second-order valence-corrected chi connectivity index (χ2v) is 5.94. The SMILES string of the molecule is COc1cccc(CN2CCCN(CC(C)CN)CC2)n1. The van der Waals surface area contributed by atoms with Gasteiger partial charge in [0.05, 0.1) is 12.8 Å². The summed E-state index contributed by atoms with van der Waals surface area (Å²) >= 11 is 0. The molecule has 0 spiro atoms. The lowest BCUT2D eigenvalue weighted by Crippen LogP contribution is -2.35. The van der Waals surface area contributed by atoms with Crippen molar-refractivity contribution in [1.82, 2.24) is 14.8 Å². The molecular formula is C16H28N4O. The highest BCUT2D eigenvalue weighted by Crippen LogP contribution is 2.12. The Bertz CT molecular complexity index is 426. The van der Waals surface area contributed by atoms with Crippen LogP contribution in [0.25, 0.3) is 0 Å². The van der Waals surface area contributed by atoms with E-state index in [-0.39, 0.29) is 0 Å². The molecule has 1 saturated heterocycles. The Balaban J connectivity index is 1.85. The normalized spacial score (nSPS) is 19.2. The van der Waals surface area contributed by atoms with Crippen molar-refractivity contribution in [2.45, 2.75) is 19.9 Å². The maximum Gasteiger partial charge on any atom is 0.213 e. The molecule has 0 radical (unpaired) electrons. The van der Waals surface area contributed by atoms with Crippen LogP contribution in [0.2, 0.25) is 0 Å². The van der Waals surface area contributed by atoms with Gasteiger partial charge >= 0.3 is 0 Å². The minimum Gasteiger partial charge on any atom is -0.481 e. The molecule has 118 valence electrons. The fraction of sp³-hybridized carbons (Fsp3) is 0.688. The lowest BCUT2D eigenvalue weighted by atomic mass is 10.1. The van der Waals surface area contributed by atoms with Crippen molar-refractivity contribution in [2.75, 3.05) is 46.4 Å². The van der Waals surface area contributed by atoms with Crippen LogP contribution in [-0.4, -0.2) is 61.2 Å². The van der Waals surface area contributed by atoms with Gasteiger partial charge in [0.1, 0.15) is 0 Å². The minimum atomic E-state index is 0.580. The molecule has 5 heteroatoms. The Morgan fingerprint density at radius 1 is 1.24 bits per heavy atom. The van der Waals surface area contributed by atoms with Crippen LogP contribution < -0.4 is 10.5 Å². The largest absolute Gasteiger partial charge is 0.481 e. The van der Waals surface area contributed by atoms with Gasteiger partial charge in [-0.2, -0.15) is 0 Å². The Morgan fingerprint density at radius 2 is 2.00 bits per heavy atom. The van der Waals surface area contributed by atoms with Crippen LogP contribution in [0.4, 0.5) is 0 Å². The summed E-state index contributed by atoms with van der Waals surface area (Å²) in [5.41, 5.74) is 6.81. The molecule has 21 heavy (non-hydrogen) atoms. The summed E-state index contributed by atoms with van der Waals surface area (Å²) in [7, 11) is 1.66. The van der Waals surface area contributed by atoms with Crippen LogP contribution in [0.5, 0.6) is 5.88 Å². The van der Waals surface area contributed by atoms with Crippen LogP contribution in [0, 0.1) is 5.92 Å². The van der Waals surface area contributed by atoms with Gasteiger partial charge in [0.15, 0.2) is 0 Å². The van der Waals surface area contributed by atoms with Crippen LogP contribution in [0.3, 0.4) is 0 Å². The van der Waals surface area contributed by atoms with E-state index in [1.54, 1.807) is 7.11 Å². The average molecular weight is 292 g/mol. The van der Waals surface area contributed by atoms with Crippen molar-refractivity contribution in [1.29, 1.82) is 0 Å². The highest BCUT2D eigenvalue weighted by molar-refractivity contribution is 5.15. The summed E-state index contributed by atoms with van der Waals surface area (Å²) < 4.78 is 5.19. The van der Waals surface area contributed by atoms with Crippen molar-refractivity contribution in [3.63, 3.8) is 0 Å². The highest BCUT2D eigenvalue weighted by atomic mass is 16.5. The summed E-state index contributed by atoms with van der Waals surface area (Å²) in [4.78, 5) is 9.52. The molecule has 0 aliphatic carbocycles. The van der Waals surface area contributed by atoms with Gasteiger partial charge in [-0.3, -0.25) is 4.90 Å². The van der Waals surface area contributed by atoms with Crippen molar-refractivity contribution in [3.8, 4) is 5.88 Å². The zero-order chi connectivity index (χ0) is 15.1. The molecule has 2 rings (SSSR count). The Morgan fingerprint density at radius 3 is 2.76 bits per heavy atom. The van der Waals surface area contributed by atoms with Crippen LogP contribution >= 0.6 is 0 Å². The number of rotatable bonds is 6. The number of methoxy groups -OCH3 is 1. The molecule has 1 fully saturated rings. The Hall–Kier alpha value is -1.17. The fourth-order valence-corrected chi connectivity index (χ4v) is 2.77. The maximum atomic E-state index is 5.73. The molecule has 5 nitrogen and oxygen atoms in total. The minimum absolute atomic E-state index is 0.580. The average Bonchev–Trinajstić information content (AvgIpc) is 2.73. The van der Waals surface area contributed by atoms with E-state index in [1.165, 1.54) is 13.0 Å². The third-order valence-electron chi connectivity index (χ3n) is 4.03. The summed E-state index contributed by atoms with van der Waals surface area (Å²) in [5.74, 6) is 1.28. The quantitative estimate of drug-likeness (QED) is 0.853. The van der Waals surface area contributed by atoms with Gasteiger partial charge in [-0.25, -0.2) is 4.98 Å². The number of hydrogen-bond donors (Lipinski definition) is 1. The van der Waals surface area contributed by atoms with Crippen molar-refractivity contribution >= 4 is 0 Å². The molecule has 0 bridgehead atoms. The molecular weight excluding hydrogens is 264 g/mol. The summed E-state index contributed by atoms with van der Waals surface area (Å²) in [5, 5.41) is 0. The fourth-order valence-electron chi connectivity index (χ4n) is 2.77. The molecule has 1 aliphatic heterocycles. The number of ether oxygens (including phenoxy) is 1. The first-order valence-corrected chi connectivity index (χ1v) is 7.86. The van der Waals surface area contributed by atoms with E-state index in [9.17, 15) is 0 Å². The zero-order valence-corrected chi connectivity index (χ0v) is 13.3. The van der Waals surface area contributed by atoms with E-state index in [4.69, 9.17) is 10.5 Å². The first-order valence-electron chi connectivity index (χ1n) is 7.86. The standard InChI is InChI=1S/C16H28N4O/c1-14(11-17)12-19-7-4-8-20(10-9-19)13-15-5-3-6-16(18-15)21-2/h3,5-6,14H,4,7-13,17H2,1-2H3. The van der Waals surface area contributed by atoms with E-state index >= 15 is 0 Å². The number of pyridine rings is 1. The van der Waals surface area contributed by atoms with E-state index in [1.807, 2.05) is 12.1 Å². The van der Waals surface area contributed by atoms with Gasteiger partial charge in [-0.05, 0) is 38.0 Å². The zero-order valence-electron chi connectivity index (χ0n) is 13.3. The molecule has 1 atom stereocenters.